The summed E-state index contributed by atoms with van der Waals surface area (Å²) < 4.78 is 29.8. The summed E-state index contributed by atoms with van der Waals surface area (Å²) in [7, 11) is 0. The fraction of sp³-hybridized carbons (Fsp3) is 0.429. The van der Waals surface area contributed by atoms with Gasteiger partial charge in [-0.1, -0.05) is 12.1 Å². The summed E-state index contributed by atoms with van der Waals surface area (Å²) in [5.41, 5.74) is 2.29. The molecule has 0 aliphatic carbocycles. The largest absolute Gasteiger partial charge is 0.484 e. The monoisotopic (exact) mass is 402 g/mol. The van der Waals surface area contributed by atoms with Gasteiger partial charge in [0.25, 0.3) is 5.88 Å². The lowest BCUT2D eigenvalue weighted by atomic mass is 10.0. The third kappa shape index (κ3) is 4.83. The Morgan fingerprint density at radius 3 is 2.79 bits per heavy atom. The Kier molecular flexibility index (Phi) is 5.92. The molecule has 1 aromatic heterocycles. The molecule has 7 nitrogen and oxygen atoms in total. The Labute approximate surface area is 167 Å². The first-order valence-electron chi connectivity index (χ1n) is 9.66. The highest BCUT2D eigenvalue weighted by molar-refractivity contribution is 5.78. The molecule has 0 radical (unpaired) electrons. The van der Waals surface area contributed by atoms with Crippen molar-refractivity contribution >= 4 is 5.91 Å². The van der Waals surface area contributed by atoms with Crippen molar-refractivity contribution in [3.63, 3.8) is 0 Å². The Morgan fingerprint density at radius 2 is 2.00 bits per heavy atom. The molecule has 2 aliphatic rings. The molecule has 2 N–H and O–H groups in total. The van der Waals surface area contributed by atoms with Crippen LogP contribution in [0.1, 0.15) is 23.2 Å². The Balaban J connectivity index is 1.52. The number of fused-ring (bicyclic) bond motifs is 1. The van der Waals surface area contributed by atoms with Gasteiger partial charge in [-0.15, -0.1) is 0 Å². The molecular formula is C21H23FN2O5. The molecular weight excluding hydrogens is 379 g/mol. The van der Waals surface area contributed by atoms with E-state index in [1.54, 1.807) is 12.1 Å². The van der Waals surface area contributed by atoms with Gasteiger partial charge in [-0.3, -0.25) is 4.79 Å². The number of nitrogens with one attached hydrogen (secondary N) is 1. The smallest absolute Gasteiger partial charge is 0.257 e. The molecule has 1 fully saturated rings. The van der Waals surface area contributed by atoms with Crippen molar-refractivity contribution in [3.8, 4) is 11.6 Å². The van der Waals surface area contributed by atoms with E-state index in [0.29, 0.717) is 50.0 Å². The van der Waals surface area contributed by atoms with Crippen molar-refractivity contribution in [2.45, 2.75) is 31.4 Å². The number of hydrogen-bond donors (Lipinski definition) is 2. The van der Waals surface area contributed by atoms with Crippen LogP contribution in [0.4, 0.5) is 4.39 Å². The molecule has 0 spiro atoms. The summed E-state index contributed by atoms with van der Waals surface area (Å²) in [6, 6.07) is 7.74. The van der Waals surface area contributed by atoms with E-state index < -0.39 is 6.10 Å². The lowest BCUT2D eigenvalue weighted by molar-refractivity contribution is -0.123. The Morgan fingerprint density at radius 1 is 1.21 bits per heavy atom. The van der Waals surface area contributed by atoms with E-state index in [1.165, 1.54) is 12.1 Å². The van der Waals surface area contributed by atoms with Crippen molar-refractivity contribution < 1.29 is 28.5 Å². The maximum Gasteiger partial charge on any atom is 0.257 e. The van der Waals surface area contributed by atoms with Crippen LogP contribution in [0.2, 0.25) is 0 Å². The first-order chi connectivity index (χ1) is 14.1. The minimum atomic E-state index is -0.713. The van der Waals surface area contributed by atoms with Gasteiger partial charge in [0, 0.05) is 18.6 Å². The molecule has 3 heterocycles. The highest BCUT2D eigenvalue weighted by atomic mass is 19.1. The average molecular weight is 402 g/mol. The second-order valence-corrected chi connectivity index (χ2v) is 7.19. The zero-order valence-electron chi connectivity index (χ0n) is 15.9. The summed E-state index contributed by atoms with van der Waals surface area (Å²) in [4.78, 5) is 16.9. The van der Waals surface area contributed by atoms with E-state index in [0.717, 1.165) is 11.1 Å². The number of pyridine rings is 1. The normalized spacial score (nSPS) is 20.9. The van der Waals surface area contributed by atoms with Gasteiger partial charge in [-0.2, -0.15) is 0 Å². The molecule has 29 heavy (non-hydrogen) atoms. The Bertz CT molecular complexity index is 874. The number of benzene rings is 1. The number of aliphatic hydroxyl groups is 1. The molecule has 8 heteroatoms. The van der Waals surface area contributed by atoms with Gasteiger partial charge in [-0.25, -0.2) is 9.37 Å². The summed E-state index contributed by atoms with van der Waals surface area (Å²) >= 11 is 0. The summed E-state index contributed by atoms with van der Waals surface area (Å²) in [6.45, 7) is 1.54. The van der Waals surface area contributed by atoms with Crippen LogP contribution < -0.4 is 14.8 Å². The van der Waals surface area contributed by atoms with Gasteiger partial charge in [-0.05, 0) is 30.2 Å². The number of ether oxygens (including phenoxy) is 3. The summed E-state index contributed by atoms with van der Waals surface area (Å²) in [6.07, 6.45) is 0.408. The van der Waals surface area contributed by atoms with Crippen LogP contribution >= 0.6 is 0 Å². The highest BCUT2D eigenvalue weighted by Crippen LogP contribution is 2.34. The minimum absolute atomic E-state index is 0.0527. The third-order valence-corrected chi connectivity index (χ3v) is 4.96. The van der Waals surface area contributed by atoms with Crippen LogP contribution in [0.15, 0.2) is 30.3 Å². The number of amides is 1. The number of carbonyl (C=O) groups is 1. The molecule has 2 aliphatic heterocycles. The van der Waals surface area contributed by atoms with Crippen LogP contribution in [0, 0.1) is 5.82 Å². The van der Waals surface area contributed by atoms with Gasteiger partial charge in [0.2, 0.25) is 5.91 Å². The topological polar surface area (TPSA) is 89.9 Å². The second-order valence-electron chi connectivity index (χ2n) is 7.19. The standard InChI is InChI=1S/C21H23FN2O5/c22-15-3-1-13(2-4-15)9-14-10-16(23-21-20(14)28-7-8-29-21)11-19(26)24-17-5-6-27-12-18(17)25/h1-4,10,17-18,25H,5-9,11-12H2,(H,24,26)/t17-,18-/m1/s1. The number of rotatable bonds is 5. The number of hydrogen-bond acceptors (Lipinski definition) is 6. The second kappa shape index (κ2) is 8.75. The van der Waals surface area contributed by atoms with Gasteiger partial charge < -0.3 is 24.6 Å². The molecule has 0 saturated carbocycles. The van der Waals surface area contributed by atoms with E-state index in [2.05, 4.69) is 10.3 Å². The molecule has 1 amide bonds. The first-order valence-corrected chi connectivity index (χ1v) is 9.66. The number of carbonyl (C=O) groups excluding carboxylic acids is 1. The molecule has 4 rings (SSSR count). The van der Waals surface area contributed by atoms with Gasteiger partial charge in [0.15, 0.2) is 5.75 Å². The van der Waals surface area contributed by atoms with Crippen LogP contribution in [0.5, 0.6) is 11.6 Å². The number of halogens is 1. The summed E-state index contributed by atoms with van der Waals surface area (Å²) in [5, 5.41) is 12.8. The fourth-order valence-electron chi connectivity index (χ4n) is 3.51. The van der Waals surface area contributed by atoms with Crippen LogP contribution in [-0.4, -0.2) is 54.6 Å². The lowest BCUT2D eigenvalue weighted by Crippen LogP contribution is -2.49. The quantitative estimate of drug-likeness (QED) is 0.786. The van der Waals surface area contributed by atoms with Crippen molar-refractivity contribution in [2.24, 2.45) is 0 Å². The van der Waals surface area contributed by atoms with Crippen molar-refractivity contribution in [3.05, 3.63) is 53.0 Å². The molecule has 0 bridgehead atoms. The highest BCUT2D eigenvalue weighted by Gasteiger charge is 2.26. The van der Waals surface area contributed by atoms with Crippen molar-refractivity contribution in [1.82, 2.24) is 10.3 Å². The molecule has 1 aromatic carbocycles. The third-order valence-electron chi connectivity index (χ3n) is 4.96. The SMILES string of the molecule is O=C(Cc1cc(Cc2ccc(F)cc2)c2c(n1)OCCO2)N[C@@H]1CCOC[C@H]1O. The zero-order chi connectivity index (χ0) is 20.2. The minimum Gasteiger partial charge on any atom is -0.484 e. The van der Waals surface area contributed by atoms with E-state index in [9.17, 15) is 14.3 Å². The van der Waals surface area contributed by atoms with Crippen molar-refractivity contribution in [2.75, 3.05) is 26.4 Å². The predicted octanol–water partition coefficient (Wildman–Crippen LogP) is 1.39. The number of aromatic nitrogens is 1. The Hall–Kier alpha value is -2.71. The maximum atomic E-state index is 13.2. The predicted molar refractivity (Wildman–Crippen MR) is 102 cm³/mol. The number of nitrogens with zero attached hydrogens (tertiary/aromatic N) is 1. The van der Waals surface area contributed by atoms with Gasteiger partial charge >= 0.3 is 0 Å². The van der Waals surface area contributed by atoms with Gasteiger partial charge in [0.1, 0.15) is 19.0 Å². The molecule has 1 saturated heterocycles. The molecule has 2 atom stereocenters. The zero-order valence-corrected chi connectivity index (χ0v) is 15.9. The molecule has 0 unspecified atom stereocenters. The molecule has 154 valence electrons. The van der Waals surface area contributed by atoms with Crippen LogP contribution in [0.3, 0.4) is 0 Å². The van der Waals surface area contributed by atoms with Crippen LogP contribution in [-0.2, 0) is 22.4 Å². The maximum absolute atomic E-state index is 13.2. The van der Waals surface area contributed by atoms with Crippen LogP contribution in [0.25, 0.3) is 0 Å². The van der Waals surface area contributed by atoms with E-state index in [1.807, 2.05) is 6.07 Å². The van der Waals surface area contributed by atoms with Gasteiger partial charge in [0.05, 0.1) is 30.9 Å². The van der Waals surface area contributed by atoms with E-state index in [4.69, 9.17) is 14.2 Å². The average Bonchev–Trinajstić information content (AvgIpc) is 2.71. The molecule has 2 aromatic rings. The van der Waals surface area contributed by atoms with E-state index >= 15 is 0 Å². The number of aliphatic hydroxyl groups excluding tert-OH is 1. The summed E-state index contributed by atoms with van der Waals surface area (Å²) in [5.74, 6) is 0.403. The fourth-order valence-corrected chi connectivity index (χ4v) is 3.51. The van der Waals surface area contributed by atoms with E-state index in [-0.39, 0.29) is 30.8 Å². The van der Waals surface area contributed by atoms with Crippen molar-refractivity contribution in [1.29, 1.82) is 0 Å². The first kappa shape index (κ1) is 19.6. The lowest BCUT2D eigenvalue weighted by Gasteiger charge is -2.28.